The molecule has 10 nitrogen and oxygen atoms in total. The van der Waals surface area contributed by atoms with E-state index in [-0.39, 0.29) is 22.9 Å². The average molecular weight is 524 g/mol. The number of amides is 1. The van der Waals surface area contributed by atoms with Crippen LogP contribution < -0.4 is 14.8 Å². The highest BCUT2D eigenvalue weighted by Crippen LogP contribution is 2.30. The number of ether oxygens (including phenoxy) is 2. The number of rotatable bonds is 10. The Morgan fingerprint density at radius 2 is 1.86 bits per heavy atom. The smallest absolute Gasteiger partial charge is 0.271 e. The van der Waals surface area contributed by atoms with Crippen molar-refractivity contribution in [3.63, 3.8) is 0 Å². The van der Waals surface area contributed by atoms with E-state index >= 15 is 0 Å². The topological polar surface area (TPSA) is 121 Å². The first-order chi connectivity index (χ1) is 17.9. The van der Waals surface area contributed by atoms with E-state index in [1.165, 1.54) is 49.6 Å². The molecule has 0 bridgehead atoms. The molecule has 12 heteroatoms. The Bertz CT molecular complexity index is 1400. The van der Waals surface area contributed by atoms with Crippen molar-refractivity contribution < 1.29 is 23.6 Å². The second kappa shape index (κ2) is 11.5. The molecule has 0 aliphatic carbocycles. The van der Waals surface area contributed by atoms with Crippen molar-refractivity contribution in [3.05, 3.63) is 94.6 Å². The van der Waals surface area contributed by atoms with Gasteiger partial charge in [-0.3, -0.25) is 19.5 Å². The number of carbonyl (C=O) groups excluding carboxylic acids is 1. The third-order valence-electron chi connectivity index (χ3n) is 5.16. The molecule has 1 atom stereocenters. The number of hydrogen-bond acceptors (Lipinski definition) is 8. The molecule has 37 heavy (non-hydrogen) atoms. The largest absolute Gasteiger partial charge is 0.495 e. The van der Waals surface area contributed by atoms with Gasteiger partial charge in [0.1, 0.15) is 17.3 Å². The lowest BCUT2D eigenvalue weighted by molar-refractivity contribution is -0.384. The number of benzene rings is 3. The fourth-order valence-corrected chi connectivity index (χ4v) is 4.21. The number of nitrogens with zero attached hydrogens (tertiary/aromatic N) is 4. The van der Waals surface area contributed by atoms with Crippen LogP contribution in [0.4, 0.5) is 15.8 Å². The maximum atomic E-state index is 13.3. The summed E-state index contributed by atoms with van der Waals surface area (Å²) in [6.45, 7) is 1.79. The van der Waals surface area contributed by atoms with Crippen molar-refractivity contribution in [2.45, 2.75) is 18.2 Å². The normalized spacial score (nSPS) is 11.5. The van der Waals surface area contributed by atoms with Gasteiger partial charge in [0.15, 0.2) is 17.1 Å². The van der Waals surface area contributed by atoms with Crippen LogP contribution in [0.2, 0.25) is 0 Å². The van der Waals surface area contributed by atoms with Crippen LogP contribution in [0.5, 0.6) is 11.5 Å². The molecule has 0 aliphatic rings. The molecular formula is C25H22FN5O5S. The van der Waals surface area contributed by atoms with E-state index in [9.17, 15) is 19.3 Å². The van der Waals surface area contributed by atoms with Gasteiger partial charge in [0.25, 0.3) is 5.69 Å². The van der Waals surface area contributed by atoms with Gasteiger partial charge < -0.3 is 14.8 Å². The molecule has 0 spiro atoms. The minimum Gasteiger partial charge on any atom is -0.495 e. The highest BCUT2D eigenvalue weighted by atomic mass is 32.2. The predicted octanol–water partition coefficient (Wildman–Crippen LogP) is 5.19. The Labute approximate surface area is 215 Å². The standard InChI is InChI=1S/C25H22FN5O5S/c1-16(36-20-11-8-17(26)9-12-20)24-28-29-25(30(24)18-6-4-3-5-7-18)37-15-23(32)27-21-14-19(31(33)34)10-13-22(21)35-2/h3-14,16H,15H2,1-2H3,(H,27,32). The summed E-state index contributed by atoms with van der Waals surface area (Å²) in [6, 6.07) is 18.9. The van der Waals surface area contributed by atoms with Crippen LogP contribution in [0.25, 0.3) is 5.69 Å². The van der Waals surface area contributed by atoms with Crippen molar-refractivity contribution >= 4 is 29.0 Å². The third kappa shape index (κ3) is 6.22. The summed E-state index contributed by atoms with van der Waals surface area (Å²) >= 11 is 1.14. The quantitative estimate of drug-likeness (QED) is 0.171. The van der Waals surface area contributed by atoms with Crippen molar-refractivity contribution in [1.82, 2.24) is 14.8 Å². The molecule has 4 rings (SSSR count). The van der Waals surface area contributed by atoms with E-state index in [0.29, 0.717) is 22.5 Å². The number of non-ortho nitro benzene ring substituents is 1. The molecule has 1 unspecified atom stereocenters. The zero-order valence-corrected chi connectivity index (χ0v) is 20.6. The Morgan fingerprint density at radius 3 is 2.54 bits per heavy atom. The monoisotopic (exact) mass is 523 g/mol. The minimum absolute atomic E-state index is 0.0516. The number of hydrogen-bond donors (Lipinski definition) is 1. The first kappa shape index (κ1) is 25.6. The maximum Gasteiger partial charge on any atom is 0.271 e. The van der Waals surface area contributed by atoms with E-state index in [1.807, 2.05) is 30.3 Å². The van der Waals surface area contributed by atoms with E-state index in [0.717, 1.165) is 17.4 Å². The first-order valence-electron chi connectivity index (χ1n) is 11.0. The second-order valence-corrected chi connectivity index (χ2v) is 8.65. The second-order valence-electron chi connectivity index (χ2n) is 7.70. The zero-order chi connectivity index (χ0) is 26.4. The summed E-state index contributed by atoms with van der Waals surface area (Å²) in [5.41, 5.74) is 0.779. The molecule has 0 aliphatic heterocycles. The van der Waals surface area contributed by atoms with Crippen molar-refractivity contribution in [1.29, 1.82) is 0 Å². The molecule has 1 N–H and O–H groups in total. The predicted molar refractivity (Wildman–Crippen MR) is 136 cm³/mol. The number of carbonyl (C=O) groups is 1. The number of nitro benzene ring substituents is 1. The lowest BCUT2D eigenvalue weighted by Gasteiger charge is -2.16. The number of halogens is 1. The van der Waals surface area contributed by atoms with Crippen LogP contribution in [0, 0.1) is 15.9 Å². The molecule has 0 saturated carbocycles. The lowest BCUT2D eigenvalue weighted by atomic mass is 10.2. The van der Waals surface area contributed by atoms with Gasteiger partial charge in [0.05, 0.1) is 23.5 Å². The molecule has 0 saturated heterocycles. The van der Waals surface area contributed by atoms with Gasteiger partial charge in [0.2, 0.25) is 5.91 Å². The van der Waals surface area contributed by atoms with E-state index < -0.39 is 16.9 Å². The van der Waals surface area contributed by atoms with Gasteiger partial charge in [-0.15, -0.1) is 10.2 Å². The van der Waals surface area contributed by atoms with Crippen molar-refractivity contribution in [2.75, 3.05) is 18.2 Å². The summed E-state index contributed by atoms with van der Waals surface area (Å²) < 4.78 is 26.2. The SMILES string of the molecule is COc1ccc([N+](=O)[O-])cc1NC(=O)CSc1nnc(C(C)Oc2ccc(F)cc2)n1-c1ccccc1. The Morgan fingerprint density at radius 1 is 1.14 bits per heavy atom. The van der Waals surface area contributed by atoms with Crippen LogP contribution in [-0.2, 0) is 4.79 Å². The van der Waals surface area contributed by atoms with E-state index in [4.69, 9.17) is 9.47 Å². The molecular weight excluding hydrogens is 501 g/mol. The van der Waals surface area contributed by atoms with Gasteiger partial charge in [-0.05, 0) is 49.4 Å². The van der Waals surface area contributed by atoms with Crippen LogP contribution >= 0.6 is 11.8 Å². The Hall–Kier alpha value is -4.45. The lowest BCUT2D eigenvalue weighted by Crippen LogP contribution is -2.16. The number of nitrogens with one attached hydrogen (secondary N) is 1. The van der Waals surface area contributed by atoms with Crippen LogP contribution in [-0.4, -0.2) is 38.5 Å². The third-order valence-corrected chi connectivity index (χ3v) is 6.09. The zero-order valence-electron chi connectivity index (χ0n) is 19.8. The molecule has 0 fully saturated rings. The number of aromatic nitrogens is 3. The molecule has 190 valence electrons. The highest BCUT2D eigenvalue weighted by Gasteiger charge is 2.22. The summed E-state index contributed by atoms with van der Waals surface area (Å²) in [7, 11) is 1.41. The van der Waals surface area contributed by atoms with Crippen molar-refractivity contribution in [3.8, 4) is 17.2 Å². The highest BCUT2D eigenvalue weighted by molar-refractivity contribution is 7.99. The number of methoxy groups -OCH3 is 1. The molecule has 0 radical (unpaired) electrons. The fraction of sp³-hybridized carbons (Fsp3) is 0.160. The molecule has 3 aromatic carbocycles. The molecule has 1 aromatic heterocycles. The van der Waals surface area contributed by atoms with Crippen LogP contribution in [0.15, 0.2) is 78.0 Å². The van der Waals surface area contributed by atoms with Crippen molar-refractivity contribution in [2.24, 2.45) is 0 Å². The van der Waals surface area contributed by atoms with E-state index in [2.05, 4.69) is 15.5 Å². The van der Waals surface area contributed by atoms with E-state index in [1.54, 1.807) is 11.5 Å². The number of nitro groups is 1. The number of thioether (sulfide) groups is 1. The fourth-order valence-electron chi connectivity index (χ4n) is 3.45. The summed E-state index contributed by atoms with van der Waals surface area (Å²) in [6.07, 6.45) is -0.546. The van der Waals surface area contributed by atoms with Gasteiger partial charge >= 0.3 is 0 Å². The van der Waals surface area contributed by atoms with Gasteiger partial charge in [-0.1, -0.05) is 30.0 Å². The number of anilines is 1. The Balaban J connectivity index is 1.54. The number of para-hydroxylation sites is 1. The van der Waals surface area contributed by atoms with Gasteiger partial charge in [-0.2, -0.15) is 0 Å². The summed E-state index contributed by atoms with van der Waals surface area (Å²) in [4.78, 5) is 23.3. The van der Waals surface area contributed by atoms with Gasteiger partial charge in [-0.25, -0.2) is 4.39 Å². The minimum atomic E-state index is -0.553. The Kier molecular flexibility index (Phi) is 7.98. The first-order valence-corrected chi connectivity index (χ1v) is 12.0. The summed E-state index contributed by atoms with van der Waals surface area (Å²) in [5.74, 6) is 0.417. The molecule has 1 amide bonds. The molecule has 4 aromatic rings. The van der Waals surface area contributed by atoms with Crippen LogP contribution in [0.3, 0.4) is 0 Å². The summed E-state index contributed by atoms with van der Waals surface area (Å²) in [5, 5.41) is 22.8. The average Bonchev–Trinajstić information content (AvgIpc) is 3.33. The molecule has 1 heterocycles. The van der Waals surface area contributed by atoms with Gasteiger partial charge in [0, 0.05) is 17.8 Å². The maximum absolute atomic E-state index is 13.3. The van der Waals surface area contributed by atoms with Crippen LogP contribution in [0.1, 0.15) is 18.9 Å².